The van der Waals surface area contributed by atoms with Crippen LogP contribution in [-0.2, 0) is 4.79 Å². The maximum atomic E-state index is 11.8. The number of benzene rings is 1. The SMILES string of the molecule is Cc1c(N)cccc1NCC(=O)N1CCCC1. The molecule has 0 aromatic heterocycles. The molecule has 0 atom stereocenters. The van der Waals surface area contributed by atoms with Crippen LogP contribution < -0.4 is 11.1 Å². The fourth-order valence-electron chi connectivity index (χ4n) is 2.09. The third-order valence-corrected chi connectivity index (χ3v) is 3.26. The molecule has 4 heteroatoms. The molecular formula is C13H19N3O. The van der Waals surface area contributed by atoms with Crippen LogP contribution in [0.1, 0.15) is 18.4 Å². The van der Waals surface area contributed by atoms with Crippen molar-refractivity contribution in [1.82, 2.24) is 4.90 Å². The van der Waals surface area contributed by atoms with E-state index in [4.69, 9.17) is 5.73 Å². The average molecular weight is 233 g/mol. The van der Waals surface area contributed by atoms with Gasteiger partial charge in [0.2, 0.25) is 5.91 Å². The Morgan fingerprint density at radius 3 is 2.82 bits per heavy atom. The highest BCUT2D eigenvalue weighted by Crippen LogP contribution is 2.20. The van der Waals surface area contributed by atoms with Gasteiger partial charge in [0, 0.05) is 24.5 Å². The normalized spacial score (nSPS) is 15.0. The number of carbonyl (C=O) groups excluding carboxylic acids is 1. The van der Waals surface area contributed by atoms with E-state index in [1.807, 2.05) is 30.0 Å². The highest BCUT2D eigenvalue weighted by atomic mass is 16.2. The van der Waals surface area contributed by atoms with Crippen LogP contribution in [-0.4, -0.2) is 30.4 Å². The van der Waals surface area contributed by atoms with E-state index in [-0.39, 0.29) is 5.91 Å². The van der Waals surface area contributed by atoms with E-state index in [9.17, 15) is 4.79 Å². The summed E-state index contributed by atoms with van der Waals surface area (Å²) in [5.74, 6) is 0.171. The lowest BCUT2D eigenvalue weighted by molar-refractivity contribution is -0.128. The van der Waals surface area contributed by atoms with E-state index in [0.717, 1.165) is 42.9 Å². The van der Waals surface area contributed by atoms with Crippen molar-refractivity contribution >= 4 is 17.3 Å². The molecule has 1 amide bonds. The third-order valence-electron chi connectivity index (χ3n) is 3.26. The minimum atomic E-state index is 0.171. The summed E-state index contributed by atoms with van der Waals surface area (Å²) in [7, 11) is 0. The van der Waals surface area contributed by atoms with E-state index in [1.165, 1.54) is 0 Å². The Kier molecular flexibility index (Phi) is 3.52. The van der Waals surface area contributed by atoms with Gasteiger partial charge in [0.05, 0.1) is 6.54 Å². The Bertz CT molecular complexity index is 411. The van der Waals surface area contributed by atoms with Crippen molar-refractivity contribution in [2.24, 2.45) is 0 Å². The lowest BCUT2D eigenvalue weighted by Gasteiger charge is -2.17. The number of rotatable bonds is 3. The molecule has 1 aromatic carbocycles. The molecule has 3 N–H and O–H groups in total. The van der Waals surface area contributed by atoms with Gasteiger partial charge in [0.15, 0.2) is 0 Å². The quantitative estimate of drug-likeness (QED) is 0.780. The summed E-state index contributed by atoms with van der Waals surface area (Å²) in [5, 5.41) is 3.16. The summed E-state index contributed by atoms with van der Waals surface area (Å²) in [5.41, 5.74) is 8.51. The van der Waals surface area contributed by atoms with Crippen molar-refractivity contribution in [3.05, 3.63) is 23.8 Å². The average Bonchev–Trinajstić information content (AvgIpc) is 2.84. The highest BCUT2D eigenvalue weighted by Gasteiger charge is 2.17. The molecule has 0 aliphatic carbocycles. The maximum Gasteiger partial charge on any atom is 0.241 e. The van der Waals surface area contributed by atoms with Gasteiger partial charge >= 0.3 is 0 Å². The standard InChI is InChI=1S/C13H19N3O/c1-10-11(14)5-4-6-12(10)15-9-13(17)16-7-2-3-8-16/h4-6,15H,2-3,7-9,14H2,1H3. The predicted molar refractivity (Wildman–Crippen MR) is 69.9 cm³/mol. The summed E-state index contributed by atoms with van der Waals surface area (Å²) in [6.07, 6.45) is 2.26. The van der Waals surface area contributed by atoms with Crippen LogP contribution in [0.25, 0.3) is 0 Å². The van der Waals surface area contributed by atoms with Crippen molar-refractivity contribution in [2.75, 3.05) is 30.7 Å². The summed E-state index contributed by atoms with van der Waals surface area (Å²) in [6, 6.07) is 5.71. The van der Waals surface area contributed by atoms with Crippen LogP contribution >= 0.6 is 0 Å². The van der Waals surface area contributed by atoms with Gasteiger partial charge in [-0.25, -0.2) is 0 Å². The minimum Gasteiger partial charge on any atom is -0.398 e. The number of hydrogen-bond acceptors (Lipinski definition) is 3. The van der Waals surface area contributed by atoms with Gasteiger partial charge in [-0.1, -0.05) is 6.07 Å². The zero-order valence-corrected chi connectivity index (χ0v) is 10.2. The van der Waals surface area contributed by atoms with Gasteiger partial charge in [-0.2, -0.15) is 0 Å². The zero-order chi connectivity index (χ0) is 12.3. The molecular weight excluding hydrogens is 214 g/mol. The third kappa shape index (κ3) is 2.70. The molecule has 92 valence electrons. The van der Waals surface area contributed by atoms with Crippen molar-refractivity contribution < 1.29 is 4.79 Å². The first-order valence-corrected chi connectivity index (χ1v) is 6.05. The maximum absolute atomic E-state index is 11.8. The zero-order valence-electron chi connectivity index (χ0n) is 10.2. The summed E-state index contributed by atoms with van der Waals surface area (Å²) in [4.78, 5) is 13.8. The van der Waals surface area contributed by atoms with Crippen LogP contribution in [0.2, 0.25) is 0 Å². The lowest BCUT2D eigenvalue weighted by Crippen LogP contribution is -2.33. The molecule has 0 bridgehead atoms. The van der Waals surface area contributed by atoms with Crippen LogP contribution in [0.3, 0.4) is 0 Å². The largest absolute Gasteiger partial charge is 0.398 e. The number of nitrogen functional groups attached to an aromatic ring is 1. The monoisotopic (exact) mass is 233 g/mol. The molecule has 4 nitrogen and oxygen atoms in total. The molecule has 1 aliphatic rings. The molecule has 0 unspecified atom stereocenters. The van der Waals surface area contributed by atoms with E-state index >= 15 is 0 Å². The Morgan fingerprint density at radius 2 is 2.12 bits per heavy atom. The van der Waals surface area contributed by atoms with E-state index < -0.39 is 0 Å². The van der Waals surface area contributed by atoms with Crippen LogP contribution in [0.15, 0.2) is 18.2 Å². The summed E-state index contributed by atoms with van der Waals surface area (Å²) in [6.45, 7) is 4.11. The fraction of sp³-hybridized carbons (Fsp3) is 0.462. The second-order valence-corrected chi connectivity index (χ2v) is 4.46. The second-order valence-electron chi connectivity index (χ2n) is 4.46. The first-order valence-electron chi connectivity index (χ1n) is 6.05. The number of carbonyl (C=O) groups is 1. The van der Waals surface area contributed by atoms with Crippen LogP contribution in [0.4, 0.5) is 11.4 Å². The number of nitrogens with two attached hydrogens (primary N) is 1. The fourth-order valence-corrected chi connectivity index (χ4v) is 2.09. The van der Waals surface area contributed by atoms with Crippen molar-refractivity contribution in [1.29, 1.82) is 0 Å². The summed E-state index contributed by atoms with van der Waals surface area (Å²) < 4.78 is 0. The minimum absolute atomic E-state index is 0.171. The van der Waals surface area contributed by atoms with Crippen molar-refractivity contribution in [3.63, 3.8) is 0 Å². The van der Waals surface area contributed by atoms with Gasteiger partial charge in [-0.3, -0.25) is 4.79 Å². The Labute approximate surface area is 102 Å². The Morgan fingerprint density at radius 1 is 1.41 bits per heavy atom. The number of amides is 1. The van der Waals surface area contributed by atoms with Crippen LogP contribution in [0.5, 0.6) is 0 Å². The van der Waals surface area contributed by atoms with E-state index in [1.54, 1.807) is 0 Å². The van der Waals surface area contributed by atoms with Gasteiger partial charge in [0.1, 0.15) is 0 Å². The van der Waals surface area contributed by atoms with Crippen LogP contribution in [0, 0.1) is 6.92 Å². The first kappa shape index (κ1) is 11.8. The Balaban J connectivity index is 1.93. The molecule has 0 saturated carbocycles. The van der Waals surface area contributed by atoms with E-state index in [0.29, 0.717) is 6.54 Å². The number of anilines is 2. The number of nitrogens with zero attached hydrogens (tertiary/aromatic N) is 1. The number of nitrogens with one attached hydrogen (secondary N) is 1. The molecule has 1 fully saturated rings. The van der Waals surface area contributed by atoms with Crippen molar-refractivity contribution in [2.45, 2.75) is 19.8 Å². The summed E-state index contributed by atoms with van der Waals surface area (Å²) >= 11 is 0. The number of hydrogen-bond donors (Lipinski definition) is 2. The smallest absolute Gasteiger partial charge is 0.241 e. The predicted octanol–water partition coefficient (Wildman–Crippen LogP) is 1.61. The molecule has 1 aliphatic heterocycles. The molecule has 0 radical (unpaired) electrons. The van der Waals surface area contributed by atoms with Gasteiger partial charge < -0.3 is 16.0 Å². The molecule has 1 saturated heterocycles. The molecule has 1 heterocycles. The van der Waals surface area contributed by atoms with Gasteiger partial charge in [-0.15, -0.1) is 0 Å². The Hall–Kier alpha value is -1.71. The second kappa shape index (κ2) is 5.08. The molecule has 1 aromatic rings. The van der Waals surface area contributed by atoms with E-state index in [2.05, 4.69) is 5.32 Å². The first-order chi connectivity index (χ1) is 8.18. The van der Waals surface area contributed by atoms with Gasteiger partial charge in [0.25, 0.3) is 0 Å². The molecule has 17 heavy (non-hydrogen) atoms. The number of likely N-dealkylation sites (tertiary alicyclic amines) is 1. The molecule has 0 spiro atoms. The van der Waals surface area contributed by atoms with Gasteiger partial charge in [-0.05, 0) is 37.5 Å². The van der Waals surface area contributed by atoms with Crippen molar-refractivity contribution in [3.8, 4) is 0 Å². The highest BCUT2D eigenvalue weighted by molar-refractivity contribution is 5.81. The topological polar surface area (TPSA) is 58.4 Å². The molecule has 2 rings (SSSR count). The lowest BCUT2D eigenvalue weighted by atomic mass is 10.1.